The summed E-state index contributed by atoms with van der Waals surface area (Å²) in [4.78, 5) is 21.7. The fourth-order valence-electron chi connectivity index (χ4n) is 2.82. The number of aromatic nitrogens is 2. The van der Waals surface area contributed by atoms with Crippen LogP contribution in [0, 0.1) is 6.92 Å². The summed E-state index contributed by atoms with van der Waals surface area (Å²) in [5.41, 5.74) is 1.84. The molecule has 1 aromatic carbocycles. The van der Waals surface area contributed by atoms with E-state index in [1.807, 2.05) is 17.7 Å². The molecule has 0 aliphatic rings. The van der Waals surface area contributed by atoms with Gasteiger partial charge in [-0.1, -0.05) is 0 Å². The van der Waals surface area contributed by atoms with Crippen molar-refractivity contribution in [2.45, 2.75) is 45.6 Å². The zero-order chi connectivity index (χ0) is 22.8. The fourth-order valence-corrected chi connectivity index (χ4v) is 3.65. The molecule has 164 valence electrons. The number of carbonyl (C=O) groups excluding carboxylic acids is 1. The summed E-state index contributed by atoms with van der Waals surface area (Å²) in [5, 5.41) is 13.7. The summed E-state index contributed by atoms with van der Waals surface area (Å²) in [5.74, 6) is -0.240. The standard InChI is InChI=1S/C22H21F3N2O3S/c1-13-11-31-12-16(13)20-26-17(10-18(27-20)19(28)8-9-21(2,3)29)14-4-6-15(7-5-14)30-22(23,24)25/h4-7,10-12,29H,8-9H2,1-3H3. The quantitative estimate of drug-likeness (QED) is 0.460. The maximum absolute atomic E-state index is 12.7. The first kappa shape index (κ1) is 22.9. The Labute approximate surface area is 181 Å². The van der Waals surface area contributed by atoms with Crippen molar-refractivity contribution in [3.8, 4) is 28.4 Å². The Hall–Kier alpha value is -2.78. The third-order valence-electron chi connectivity index (χ3n) is 4.46. The van der Waals surface area contributed by atoms with Crippen molar-refractivity contribution >= 4 is 17.1 Å². The number of alkyl halides is 3. The molecule has 2 aromatic heterocycles. The van der Waals surface area contributed by atoms with Gasteiger partial charge in [-0.15, -0.1) is 13.2 Å². The van der Waals surface area contributed by atoms with Crippen LogP contribution in [-0.4, -0.2) is 32.8 Å². The highest BCUT2D eigenvalue weighted by Gasteiger charge is 2.31. The number of nitrogens with zero attached hydrogens (tertiary/aromatic N) is 2. The first-order chi connectivity index (χ1) is 14.4. The molecular weight excluding hydrogens is 429 g/mol. The first-order valence-electron chi connectivity index (χ1n) is 9.45. The number of ether oxygens (including phenoxy) is 1. The zero-order valence-corrected chi connectivity index (χ0v) is 18.0. The molecule has 0 saturated carbocycles. The number of rotatable bonds is 7. The number of thiophene rings is 1. The van der Waals surface area contributed by atoms with E-state index in [4.69, 9.17) is 0 Å². The molecule has 3 rings (SSSR count). The van der Waals surface area contributed by atoms with Gasteiger partial charge in [0, 0.05) is 22.9 Å². The lowest BCUT2D eigenvalue weighted by Gasteiger charge is -2.16. The Balaban J connectivity index is 1.99. The van der Waals surface area contributed by atoms with Crippen LogP contribution in [0.3, 0.4) is 0 Å². The van der Waals surface area contributed by atoms with Crippen LogP contribution in [0.25, 0.3) is 22.6 Å². The van der Waals surface area contributed by atoms with Crippen molar-refractivity contribution in [1.82, 2.24) is 9.97 Å². The topological polar surface area (TPSA) is 72.3 Å². The van der Waals surface area contributed by atoms with Gasteiger partial charge in [-0.3, -0.25) is 4.79 Å². The molecule has 0 atom stereocenters. The predicted molar refractivity (Wildman–Crippen MR) is 112 cm³/mol. The van der Waals surface area contributed by atoms with Gasteiger partial charge in [0.2, 0.25) is 0 Å². The molecule has 3 aromatic rings. The maximum Gasteiger partial charge on any atom is 0.573 e. The molecule has 0 radical (unpaired) electrons. The molecule has 0 spiro atoms. The molecule has 1 N–H and O–H groups in total. The van der Waals surface area contributed by atoms with Crippen LogP contribution in [0.5, 0.6) is 5.75 Å². The van der Waals surface area contributed by atoms with E-state index in [-0.39, 0.29) is 30.1 Å². The molecule has 0 unspecified atom stereocenters. The Morgan fingerprint density at radius 3 is 2.35 bits per heavy atom. The Bertz CT molecular complexity index is 1070. The third kappa shape index (κ3) is 6.35. The maximum atomic E-state index is 12.7. The van der Waals surface area contributed by atoms with Crippen LogP contribution >= 0.6 is 11.3 Å². The van der Waals surface area contributed by atoms with E-state index in [2.05, 4.69) is 14.7 Å². The third-order valence-corrected chi connectivity index (χ3v) is 5.32. The SMILES string of the molecule is Cc1cscc1-c1nc(C(=O)CCC(C)(C)O)cc(-c2ccc(OC(F)(F)F)cc2)n1. The minimum atomic E-state index is -4.78. The molecule has 0 bridgehead atoms. The van der Waals surface area contributed by atoms with Crippen LogP contribution in [0.1, 0.15) is 42.7 Å². The molecule has 5 nitrogen and oxygen atoms in total. The Morgan fingerprint density at radius 1 is 1.13 bits per heavy atom. The van der Waals surface area contributed by atoms with Gasteiger partial charge in [-0.2, -0.15) is 11.3 Å². The predicted octanol–water partition coefficient (Wildman–Crippen LogP) is 5.81. The Kier molecular flexibility index (Phi) is 6.47. The highest BCUT2D eigenvalue weighted by molar-refractivity contribution is 7.08. The number of Topliss-reactive ketones (excluding diaryl/α,β-unsaturated/α-hetero) is 1. The van der Waals surface area contributed by atoms with E-state index in [0.29, 0.717) is 17.1 Å². The van der Waals surface area contributed by atoms with Crippen LogP contribution in [0.15, 0.2) is 41.1 Å². The molecule has 0 aliphatic carbocycles. The number of carbonyl (C=O) groups is 1. The number of hydrogen-bond donors (Lipinski definition) is 1. The lowest BCUT2D eigenvalue weighted by molar-refractivity contribution is -0.274. The minimum absolute atomic E-state index is 0.0976. The van der Waals surface area contributed by atoms with Gasteiger partial charge in [0.25, 0.3) is 0 Å². The largest absolute Gasteiger partial charge is 0.573 e. The van der Waals surface area contributed by atoms with Crippen LogP contribution in [0.2, 0.25) is 0 Å². The second kappa shape index (κ2) is 8.76. The summed E-state index contributed by atoms with van der Waals surface area (Å²) in [6.45, 7) is 5.15. The number of hydrogen-bond acceptors (Lipinski definition) is 6. The van der Waals surface area contributed by atoms with E-state index in [1.165, 1.54) is 41.7 Å². The smallest absolute Gasteiger partial charge is 0.406 e. The lowest BCUT2D eigenvalue weighted by Crippen LogP contribution is -2.20. The van der Waals surface area contributed by atoms with E-state index in [9.17, 15) is 23.1 Å². The number of ketones is 1. The molecule has 0 saturated heterocycles. The van der Waals surface area contributed by atoms with Crippen LogP contribution < -0.4 is 4.74 Å². The molecule has 0 fully saturated rings. The monoisotopic (exact) mass is 450 g/mol. The number of halogens is 3. The minimum Gasteiger partial charge on any atom is -0.406 e. The van der Waals surface area contributed by atoms with Crippen LogP contribution in [0.4, 0.5) is 13.2 Å². The van der Waals surface area contributed by atoms with Gasteiger partial charge < -0.3 is 9.84 Å². The second-order valence-corrected chi connectivity index (χ2v) is 8.48. The van der Waals surface area contributed by atoms with Gasteiger partial charge in [-0.05, 0) is 68.5 Å². The van der Waals surface area contributed by atoms with Crippen molar-refractivity contribution in [2.24, 2.45) is 0 Å². The molecule has 2 heterocycles. The van der Waals surface area contributed by atoms with Gasteiger partial charge >= 0.3 is 6.36 Å². The van der Waals surface area contributed by atoms with Crippen molar-refractivity contribution in [3.05, 3.63) is 52.3 Å². The Morgan fingerprint density at radius 2 is 1.81 bits per heavy atom. The summed E-state index contributed by atoms with van der Waals surface area (Å²) in [6.07, 6.45) is -4.41. The lowest BCUT2D eigenvalue weighted by atomic mass is 9.99. The van der Waals surface area contributed by atoms with Crippen molar-refractivity contribution in [3.63, 3.8) is 0 Å². The van der Waals surface area contributed by atoms with Gasteiger partial charge in [0.05, 0.1) is 11.3 Å². The number of aryl methyl sites for hydroxylation is 1. The molecule has 31 heavy (non-hydrogen) atoms. The van der Waals surface area contributed by atoms with Gasteiger partial charge in [-0.25, -0.2) is 9.97 Å². The highest BCUT2D eigenvalue weighted by Crippen LogP contribution is 2.30. The van der Waals surface area contributed by atoms with Crippen molar-refractivity contribution < 1.29 is 27.8 Å². The fraction of sp³-hybridized carbons (Fsp3) is 0.318. The molecular formula is C22H21F3N2O3S. The average Bonchev–Trinajstić information content (AvgIpc) is 3.10. The van der Waals surface area contributed by atoms with Crippen molar-refractivity contribution in [1.29, 1.82) is 0 Å². The number of aliphatic hydroxyl groups is 1. The molecule has 0 amide bonds. The first-order valence-corrected chi connectivity index (χ1v) is 10.4. The van der Waals surface area contributed by atoms with E-state index >= 15 is 0 Å². The summed E-state index contributed by atoms with van der Waals surface area (Å²) in [6, 6.07) is 6.78. The van der Waals surface area contributed by atoms with E-state index in [0.717, 1.165) is 11.1 Å². The van der Waals surface area contributed by atoms with E-state index < -0.39 is 12.0 Å². The highest BCUT2D eigenvalue weighted by atomic mass is 32.1. The normalized spacial score (nSPS) is 12.1. The molecule has 9 heteroatoms. The van der Waals surface area contributed by atoms with Gasteiger partial charge in [0.15, 0.2) is 11.6 Å². The van der Waals surface area contributed by atoms with Crippen LogP contribution in [-0.2, 0) is 0 Å². The zero-order valence-electron chi connectivity index (χ0n) is 17.2. The average molecular weight is 450 g/mol. The van der Waals surface area contributed by atoms with Gasteiger partial charge in [0.1, 0.15) is 11.4 Å². The summed E-state index contributed by atoms with van der Waals surface area (Å²) >= 11 is 1.48. The molecule has 0 aliphatic heterocycles. The second-order valence-electron chi connectivity index (χ2n) is 7.74. The summed E-state index contributed by atoms with van der Waals surface area (Å²) in [7, 11) is 0. The van der Waals surface area contributed by atoms with E-state index in [1.54, 1.807) is 13.8 Å². The number of benzene rings is 1. The van der Waals surface area contributed by atoms with Crippen molar-refractivity contribution in [2.75, 3.05) is 0 Å². The summed E-state index contributed by atoms with van der Waals surface area (Å²) < 4.78 is 41.1.